The van der Waals surface area contributed by atoms with E-state index in [9.17, 15) is 15.0 Å². The number of hydrogen-bond acceptors (Lipinski definition) is 6. The quantitative estimate of drug-likeness (QED) is 0.497. The minimum atomic E-state index is -1.12. The molecule has 13 unspecified atom stereocenters. The molecule has 13 atom stereocenters. The summed E-state index contributed by atoms with van der Waals surface area (Å²) in [5.41, 5.74) is -1.60. The molecule has 0 aromatic rings. The molecule has 0 bridgehead atoms. The van der Waals surface area contributed by atoms with Crippen LogP contribution < -0.4 is 0 Å². The lowest BCUT2D eigenvalue weighted by Gasteiger charge is -2.63. The van der Waals surface area contributed by atoms with Crippen LogP contribution in [0.3, 0.4) is 0 Å². The van der Waals surface area contributed by atoms with Crippen LogP contribution in [0.5, 0.6) is 0 Å². The molecule has 2 N–H and O–H groups in total. The van der Waals surface area contributed by atoms with Crippen molar-refractivity contribution in [2.75, 3.05) is 0 Å². The highest BCUT2D eigenvalue weighted by Gasteiger charge is 2.77. The molecule has 6 fully saturated rings. The molecule has 1 spiro atoms. The Kier molecular flexibility index (Phi) is 5.47. The van der Waals surface area contributed by atoms with E-state index in [1.807, 2.05) is 6.92 Å². The lowest BCUT2D eigenvalue weighted by molar-refractivity contribution is -0.300. The Morgan fingerprint density at radius 3 is 2.36 bits per heavy atom. The largest absolute Gasteiger partial charge is 0.462 e. The van der Waals surface area contributed by atoms with Crippen molar-refractivity contribution in [2.45, 2.75) is 135 Å². The summed E-state index contributed by atoms with van der Waals surface area (Å²) in [6.07, 6.45) is 6.90. The summed E-state index contributed by atoms with van der Waals surface area (Å²) >= 11 is 0. The van der Waals surface area contributed by atoms with Gasteiger partial charge in [-0.1, -0.05) is 20.8 Å². The third-order valence-corrected chi connectivity index (χ3v) is 12.8. The molecule has 2 aliphatic heterocycles. The van der Waals surface area contributed by atoms with Crippen LogP contribution in [0.15, 0.2) is 0 Å². The predicted octanol–water partition coefficient (Wildman–Crippen LogP) is 4.84. The highest BCUT2D eigenvalue weighted by molar-refractivity contribution is 5.66. The number of aliphatic hydroxyl groups excluding tert-OH is 1. The van der Waals surface area contributed by atoms with E-state index in [0.717, 1.165) is 44.9 Å². The molecular weight excluding hydrogens is 456 g/mol. The highest BCUT2D eigenvalue weighted by atomic mass is 16.7. The molecule has 36 heavy (non-hydrogen) atoms. The van der Waals surface area contributed by atoms with Crippen LogP contribution >= 0.6 is 0 Å². The summed E-state index contributed by atoms with van der Waals surface area (Å²) in [6, 6.07) is 0. The number of ether oxygens (including phenoxy) is 3. The van der Waals surface area contributed by atoms with Gasteiger partial charge in [-0.15, -0.1) is 0 Å². The second kappa shape index (κ2) is 7.70. The van der Waals surface area contributed by atoms with Gasteiger partial charge in [-0.2, -0.15) is 0 Å². The summed E-state index contributed by atoms with van der Waals surface area (Å²) in [4.78, 5) is 12.4. The van der Waals surface area contributed by atoms with Crippen LogP contribution in [-0.4, -0.2) is 51.5 Å². The zero-order chi connectivity index (χ0) is 26.1. The minimum Gasteiger partial charge on any atom is -0.462 e. The fraction of sp³-hybridized carbons (Fsp3) is 0.967. The Balaban J connectivity index is 1.38. The maximum Gasteiger partial charge on any atom is 0.302 e. The van der Waals surface area contributed by atoms with E-state index in [2.05, 4.69) is 34.6 Å². The van der Waals surface area contributed by atoms with Gasteiger partial charge in [0, 0.05) is 25.2 Å². The Labute approximate surface area is 216 Å². The van der Waals surface area contributed by atoms with Gasteiger partial charge in [-0.05, 0) is 100 Å². The fourth-order valence-electron chi connectivity index (χ4n) is 11.0. The molecule has 0 aromatic carbocycles. The average Bonchev–Trinajstić information content (AvgIpc) is 3.25. The molecule has 6 rings (SSSR count). The number of carbonyl (C=O) groups is 1. The van der Waals surface area contributed by atoms with Crippen molar-refractivity contribution in [1.29, 1.82) is 0 Å². The van der Waals surface area contributed by atoms with Crippen LogP contribution in [-0.2, 0) is 19.0 Å². The Morgan fingerprint density at radius 1 is 1.00 bits per heavy atom. The summed E-state index contributed by atoms with van der Waals surface area (Å²) in [5.74, 6) is 0.666. The number of rotatable bonds is 1. The summed E-state index contributed by atoms with van der Waals surface area (Å²) in [6.45, 7) is 14.6. The van der Waals surface area contributed by atoms with Crippen molar-refractivity contribution < 1.29 is 29.2 Å². The third-order valence-electron chi connectivity index (χ3n) is 12.8. The standard InChI is InChI=1S/C30H48O6/c1-16-14-30(36-26(16,3)4)29(7,33)25-22(35-30)13-21-20-9-8-18-12-19(32)10-11-27(18,5)24(20)23(34-17(2)31)15-28(21,25)6/h16,18-25,32-33H,8-15H2,1-7H3. The van der Waals surface area contributed by atoms with E-state index in [-0.39, 0.29) is 52.5 Å². The highest BCUT2D eigenvalue weighted by Crippen LogP contribution is 2.73. The number of aliphatic hydroxyl groups is 2. The first-order valence-corrected chi connectivity index (χ1v) is 14.6. The lowest BCUT2D eigenvalue weighted by Crippen LogP contribution is -2.63. The van der Waals surface area contributed by atoms with Gasteiger partial charge in [0.25, 0.3) is 0 Å². The van der Waals surface area contributed by atoms with Gasteiger partial charge in [0.15, 0.2) is 5.79 Å². The number of fused-ring (bicyclic) bond motifs is 7. The van der Waals surface area contributed by atoms with Gasteiger partial charge in [-0.25, -0.2) is 0 Å². The van der Waals surface area contributed by atoms with E-state index in [1.54, 1.807) is 0 Å². The van der Waals surface area contributed by atoms with Gasteiger partial charge >= 0.3 is 5.97 Å². The molecule has 6 nitrogen and oxygen atoms in total. The van der Waals surface area contributed by atoms with Crippen molar-refractivity contribution >= 4 is 5.97 Å². The van der Waals surface area contributed by atoms with Crippen molar-refractivity contribution in [3.05, 3.63) is 0 Å². The van der Waals surface area contributed by atoms with Crippen molar-refractivity contribution in [1.82, 2.24) is 0 Å². The maximum absolute atomic E-state index is 12.4. The Morgan fingerprint density at radius 2 is 1.72 bits per heavy atom. The predicted molar refractivity (Wildman–Crippen MR) is 135 cm³/mol. The molecule has 4 aliphatic carbocycles. The summed E-state index contributed by atoms with van der Waals surface area (Å²) in [5, 5.41) is 22.8. The molecule has 2 heterocycles. The van der Waals surface area contributed by atoms with E-state index in [0.29, 0.717) is 30.1 Å². The lowest BCUT2D eigenvalue weighted by atomic mass is 9.43. The Bertz CT molecular complexity index is 930. The van der Waals surface area contributed by atoms with E-state index >= 15 is 0 Å². The zero-order valence-electron chi connectivity index (χ0n) is 23.4. The molecule has 0 radical (unpaired) electrons. The van der Waals surface area contributed by atoms with Gasteiger partial charge in [-0.3, -0.25) is 4.79 Å². The molecule has 0 amide bonds. The minimum absolute atomic E-state index is 0.0495. The fourth-order valence-corrected chi connectivity index (χ4v) is 11.0. The smallest absolute Gasteiger partial charge is 0.302 e. The molecule has 6 heteroatoms. The van der Waals surface area contributed by atoms with Crippen molar-refractivity contribution in [3.8, 4) is 0 Å². The second-order valence-electron chi connectivity index (χ2n) is 14.9. The maximum atomic E-state index is 12.4. The summed E-state index contributed by atoms with van der Waals surface area (Å²) in [7, 11) is 0. The van der Waals surface area contributed by atoms with Gasteiger partial charge in [0.05, 0.1) is 17.8 Å². The van der Waals surface area contributed by atoms with E-state index in [4.69, 9.17) is 14.2 Å². The molecular formula is C30H48O6. The summed E-state index contributed by atoms with van der Waals surface area (Å²) < 4.78 is 19.6. The molecule has 0 aromatic heterocycles. The average molecular weight is 505 g/mol. The topological polar surface area (TPSA) is 85.2 Å². The molecule has 2 saturated heterocycles. The van der Waals surface area contributed by atoms with Gasteiger partial charge < -0.3 is 24.4 Å². The first-order valence-electron chi connectivity index (χ1n) is 14.6. The molecule has 6 aliphatic rings. The monoisotopic (exact) mass is 504 g/mol. The second-order valence-corrected chi connectivity index (χ2v) is 14.9. The van der Waals surface area contributed by atoms with Crippen LogP contribution in [0.25, 0.3) is 0 Å². The Hall–Kier alpha value is -0.690. The first-order chi connectivity index (χ1) is 16.6. The van der Waals surface area contributed by atoms with E-state index < -0.39 is 11.4 Å². The van der Waals surface area contributed by atoms with Crippen LogP contribution in [0.2, 0.25) is 0 Å². The van der Waals surface area contributed by atoms with Crippen molar-refractivity contribution in [2.24, 2.45) is 46.3 Å². The number of esters is 1. The molecule has 4 saturated carbocycles. The van der Waals surface area contributed by atoms with Crippen LogP contribution in [0, 0.1) is 46.3 Å². The van der Waals surface area contributed by atoms with Crippen LogP contribution in [0.4, 0.5) is 0 Å². The number of hydrogen-bond donors (Lipinski definition) is 2. The first kappa shape index (κ1) is 25.6. The van der Waals surface area contributed by atoms with Crippen molar-refractivity contribution in [3.63, 3.8) is 0 Å². The normalized spacial score (nSPS) is 59.2. The van der Waals surface area contributed by atoms with E-state index in [1.165, 1.54) is 6.92 Å². The van der Waals surface area contributed by atoms with Gasteiger partial charge in [0.2, 0.25) is 0 Å². The van der Waals surface area contributed by atoms with Gasteiger partial charge in [0.1, 0.15) is 11.7 Å². The SMILES string of the molecule is CC(=O)OC1CC2(C)C(CC3OC4(CC(C)C(C)(C)O4)C(C)(O)C32)C2CCC3CC(O)CCC3(C)C12. The zero-order valence-corrected chi connectivity index (χ0v) is 23.4. The van der Waals surface area contributed by atoms with Crippen LogP contribution in [0.1, 0.15) is 99.8 Å². The molecule has 204 valence electrons. The third kappa shape index (κ3) is 3.20. The number of carbonyl (C=O) groups excluding carboxylic acids is 1.